The van der Waals surface area contributed by atoms with Crippen LogP contribution in [0.25, 0.3) is 5.65 Å². The fourth-order valence-electron chi connectivity index (χ4n) is 3.01. The summed E-state index contributed by atoms with van der Waals surface area (Å²) >= 11 is 6.09. The molecular weight excluding hydrogens is 328 g/mol. The zero-order valence-electron chi connectivity index (χ0n) is 14.0. The molecule has 7 nitrogen and oxygen atoms in total. The molecule has 0 spiro atoms. The third-order valence-electron chi connectivity index (χ3n) is 4.27. The lowest BCUT2D eigenvalue weighted by atomic mass is 10.0. The van der Waals surface area contributed by atoms with Crippen molar-refractivity contribution >= 4 is 29.0 Å². The van der Waals surface area contributed by atoms with E-state index in [9.17, 15) is 4.79 Å². The summed E-state index contributed by atoms with van der Waals surface area (Å²) in [6.07, 6.45) is 4.15. The quantitative estimate of drug-likeness (QED) is 0.901. The molecule has 0 aromatic carbocycles. The highest BCUT2D eigenvalue weighted by Crippen LogP contribution is 2.20. The molecule has 2 aromatic rings. The normalized spacial score (nSPS) is 16.9. The lowest BCUT2D eigenvalue weighted by Crippen LogP contribution is -2.53. The van der Waals surface area contributed by atoms with E-state index in [0.717, 1.165) is 25.3 Å². The number of carbonyl (C=O) groups excluding carboxylic acids is 1. The van der Waals surface area contributed by atoms with Gasteiger partial charge in [0.1, 0.15) is 10.8 Å². The Kier molecular flexibility index (Phi) is 4.91. The summed E-state index contributed by atoms with van der Waals surface area (Å²) < 4.78 is 1.65. The van der Waals surface area contributed by atoms with E-state index >= 15 is 0 Å². The van der Waals surface area contributed by atoms with E-state index < -0.39 is 6.04 Å². The monoisotopic (exact) mass is 350 g/mol. The summed E-state index contributed by atoms with van der Waals surface area (Å²) in [7, 11) is 0. The van der Waals surface area contributed by atoms with Crippen molar-refractivity contribution in [2.24, 2.45) is 11.7 Å². The van der Waals surface area contributed by atoms with Crippen LogP contribution in [-0.2, 0) is 4.79 Å². The van der Waals surface area contributed by atoms with E-state index in [0.29, 0.717) is 29.7 Å². The van der Waals surface area contributed by atoms with Gasteiger partial charge in [0.05, 0.1) is 12.2 Å². The first kappa shape index (κ1) is 17.0. The number of piperazine rings is 1. The van der Waals surface area contributed by atoms with Gasteiger partial charge in [-0.2, -0.15) is 5.10 Å². The maximum Gasteiger partial charge on any atom is 0.239 e. The molecule has 1 amide bonds. The predicted molar refractivity (Wildman–Crippen MR) is 94.2 cm³/mol. The van der Waals surface area contributed by atoms with Crippen LogP contribution in [0.3, 0.4) is 0 Å². The fraction of sp³-hybridized carbons (Fsp3) is 0.562. The minimum absolute atomic E-state index is 0.0468. The highest BCUT2D eigenvalue weighted by Gasteiger charge is 2.26. The number of anilines is 1. The number of nitrogens with zero attached hydrogens (tertiary/aromatic N) is 5. The minimum Gasteiger partial charge on any atom is -0.353 e. The molecule has 0 aliphatic carbocycles. The summed E-state index contributed by atoms with van der Waals surface area (Å²) in [4.78, 5) is 21.0. The average Bonchev–Trinajstić information content (AvgIpc) is 2.94. The van der Waals surface area contributed by atoms with Gasteiger partial charge in [0.15, 0.2) is 5.65 Å². The highest BCUT2D eigenvalue weighted by molar-refractivity contribution is 6.33. The molecule has 3 heterocycles. The molecule has 3 rings (SSSR count). The Morgan fingerprint density at radius 2 is 2.04 bits per heavy atom. The third-order valence-corrected chi connectivity index (χ3v) is 4.54. The predicted octanol–water partition coefficient (Wildman–Crippen LogP) is 1.40. The minimum atomic E-state index is -0.406. The van der Waals surface area contributed by atoms with E-state index in [1.54, 1.807) is 10.7 Å². The zero-order valence-corrected chi connectivity index (χ0v) is 14.8. The van der Waals surface area contributed by atoms with Gasteiger partial charge in [0.2, 0.25) is 5.91 Å². The Bertz CT molecular complexity index is 722. The molecule has 130 valence electrons. The molecule has 1 unspecified atom stereocenters. The number of hydrogen-bond donors (Lipinski definition) is 1. The molecule has 1 fully saturated rings. The second kappa shape index (κ2) is 6.94. The molecule has 1 saturated heterocycles. The SMILES string of the molecule is CC(C)CC(N)C(=O)N1CCN(c2ccn3ncc(Cl)c3n2)CC1. The summed E-state index contributed by atoms with van der Waals surface area (Å²) in [6, 6.07) is 1.51. The van der Waals surface area contributed by atoms with Crippen LogP contribution in [0.5, 0.6) is 0 Å². The van der Waals surface area contributed by atoms with Crippen LogP contribution in [-0.4, -0.2) is 57.6 Å². The van der Waals surface area contributed by atoms with Crippen LogP contribution in [0.4, 0.5) is 5.82 Å². The van der Waals surface area contributed by atoms with Gasteiger partial charge in [-0.3, -0.25) is 4.79 Å². The average molecular weight is 351 g/mol. The molecule has 1 aliphatic rings. The van der Waals surface area contributed by atoms with Gasteiger partial charge in [-0.1, -0.05) is 25.4 Å². The molecule has 1 aliphatic heterocycles. The van der Waals surface area contributed by atoms with Crippen LogP contribution in [0.2, 0.25) is 5.02 Å². The Labute approximate surface area is 146 Å². The smallest absolute Gasteiger partial charge is 0.239 e. The number of halogens is 1. The Balaban J connectivity index is 1.63. The molecule has 2 N–H and O–H groups in total. The van der Waals surface area contributed by atoms with Gasteiger partial charge in [-0.05, 0) is 18.4 Å². The van der Waals surface area contributed by atoms with Crippen molar-refractivity contribution in [3.8, 4) is 0 Å². The molecule has 0 bridgehead atoms. The van der Waals surface area contributed by atoms with Crippen LogP contribution in [0, 0.1) is 5.92 Å². The Morgan fingerprint density at radius 1 is 1.33 bits per heavy atom. The number of amides is 1. The van der Waals surface area contributed by atoms with Crippen molar-refractivity contribution in [3.63, 3.8) is 0 Å². The van der Waals surface area contributed by atoms with E-state index in [2.05, 4.69) is 28.8 Å². The second-order valence-electron chi connectivity index (χ2n) is 6.59. The largest absolute Gasteiger partial charge is 0.353 e. The van der Waals surface area contributed by atoms with Crippen LogP contribution in [0.15, 0.2) is 18.5 Å². The van der Waals surface area contributed by atoms with Gasteiger partial charge in [-0.25, -0.2) is 9.50 Å². The van der Waals surface area contributed by atoms with Crippen molar-refractivity contribution in [1.82, 2.24) is 19.5 Å². The standard InChI is InChI=1S/C16H23ClN6O/c1-11(2)9-13(18)16(24)22-7-5-21(6-8-22)14-3-4-23-15(20-14)12(17)10-19-23/h3-4,10-11,13H,5-9,18H2,1-2H3. The van der Waals surface area contributed by atoms with E-state index in [-0.39, 0.29) is 5.91 Å². The molecule has 1 atom stereocenters. The van der Waals surface area contributed by atoms with E-state index in [1.165, 1.54) is 0 Å². The number of aromatic nitrogens is 3. The topological polar surface area (TPSA) is 79.8 Å². The van der Waals surface area contributed by atoms with Gasteiger partial charge >= 0.3 is 0 Å². The first-order valence-electron chi connectivity index (χ1n) is 8.25. The highest BCUT2D eigenvalue weighted by atomic mass is 35.5. The van der Waals surface area contributed by atoms with Crippen molar-refractivity contribution in [3.05, 3.63) is 23.5 Å². The van der Waals surface area contributed by atoms with Gasteiger partial charge < -0.3 is 15.5 Å². The third kappa shape index (κ3) is 3.47. The van der Waals surface area contributed by atoms with E-state index in [1.807, 2.05) is 17.2 Å². The summed E-state index contributed by atoms with van der Waals surface area (Å²) in [5.41, 5.74) is 6.67. The molecule has 8 heteroatoms. The molecule has 24 heavy (non-hydrogen) atoms. The molecule has 2 aromatic heterocycles. The van der Waals surface area contributed by atoms with Gasteiger partial charge in [0, 0.05) is 32.4 Å². The van der Waals surface area contributed by atoms with Crippen molar-refractivity contribution < 1.29 is 4.79 Å². The fourth-order valence-corrected chi connectivity index (χ4v) is 3.18. The Hall–Kier alpha value is -1.86. The Morgan fingerprint density at radius 3 is 2.71 bits per heavy atom. The van der Waals surface area contributed by atoms with Crippen molar-refractivity contribution in [2.75, 3.05) is 31.1 Å². The first-order valence-corrected chi connectivity index (χ1v) is 8.62. The molecule has 0 saturated carbocycles. The van der Waals surface area contributed by atoms with Crippen LogP contribution < -0.4 is 10.6 Å². The number of nitrogens with two attached hydrogens (primary N) is 1. The maximum atomic E-state index is 12.4. The van der Waals surface area contributed by atoms with Gasteiger partial charge in [0.25, 0.3) is 0 Å². The molecular formula is C16H23ClN6O. The summed E-state index contributed by atoms with van der Waals surface area (Å²) in [5.74, 6) is 1.32. The van der Waals surface area contributed by atoms with Crippen molar-refractivity contribution in [2.45, 2.75) is 26.3 Å². The first-order chi connectivity index (χ1) is 11.5. The number of carbonyl (C=O) groups is 1. The number of rotatable bonds is 4. The van der Waals surface area contributed by atoms with Crippen LogP contribution in [0.1, 0.15) is 20.3 Å². The zero-order chi connectivity index (χ0) is 17.3. The number of hydrogen-bond acceptors (Lipinski definition) is 5. The van der Waals surface area contributed by atoms with Crippen LogP contribution >= 0.6 is 11.6 Å². The number of fused-ring (bicyclic) bond motifs is 1. The van der Waals surface area contributed by atoms with E-state index in [4.69, 9.17) is 17.3 Å². The lowest BCUT2D eigenvalue weighted by molar-refractivity contribution is -0.133. The van der Waals surface area contributed by atoms with Gasteiger partial charge in [-0.15, -0.1) is 0 Å². The van der Waals surface area contributed by atoms with Crippen molar-refractivity contribution in [1.29, 1.82) is 0 Å². The summed E-state index contributed by atoms with van der Waals surface area (Å²) in [6.45, 7) is 6.93. The molecule has 0 radical (unpaired) electrons. The lowest BCUT2D eigenvalue weighted by Gasteiger charge is -2.36. The second-order valence-corrected chi connectivity index (χ2v) is 7.00. The maximum absolute atomic E-state index is 12.4. The summed E-state index contributed by atoms with van der Waals surface area (Å²) in [5, 5.41) is 4.65.